The molecule has 3 rings (SSSR count). The molecule has 0 nitrogen and oxygen atoms in total. The maximum Gasteiger partial charge on any atom is 0.0452 e. The third kappa shape index (κ3) is 0.589. The third-order valence-corrected chi connectivity index (χ3v) is 3.04. The standard InChI is InChI=1S/C7H11Cl/c8-7-3-1-2-6(4-7)5-7/h6H,1-5H2. The average Bonchev–Trinajstić information content (AvgIpc) is 1.63. The monoisotopic (exact) mass is 130 g/mol. The lowest BCUT2D eigenvalue weighted by Gasteiger charge is -2.48. The zero-order chi connectivity index (χ0) is 5.61. The Labute approximate surface area is 55.2 Å². The van der Waals surface area contributed by atoms with Gasteiger partial charge in [0.2, 0.25) is 0 Å². The smallest absolute Gasteiger partial charge is 0.0452 e. The molecule has 3 aliphatic carbocycles. The fourth-order valence-corrected chi connectivity index (χ4v) is 2.66. The second-order valence-corrected chi connectivity index (χ2v) is 4.12. The van der Waals surface area contributed by atoms with Gasteiger partial charge in [0, 0.05) is 4.87 Å². The van der Waals surface area contributed by atoms with E-state index in [-0.39, 0.29) is 0 Å². The van der Waals surface area contributed by atoms with E-state index in [4.69, 9.17) is 11.6 Å². The van der Waals surface area contributed by atoms with Gasteiger partial charge in [-0.2, -0.15) is 0 Å². The molecule has 0 aromatic rings. The normalized spacial score (nSPS) is 52.9. The summed E-state index contributed by atoms with van der Waals surface area (Å²) in [5.74, 6) is 1.02. The highest BCUT2D eigenvalue weighted by molar-refractivity contribution is 6.24. The molecule has 46 valence electrons. The number of hydrogen-bond acceptors (Lipinski definition) is 0. The fraction of sp³-hybridized carbons (Fsp3) is 1.00. The van der Waals surface area contributed by atoms with Crippen molar-refractivity contribution >= 4 is 11.6 Å². The summed E-state index contributed by atoms with van der Waals surface area (Å²) in [6.45, 7) is 0. The summed E-state index contributed by atoms with van der Waals surface area (Å²) in [6, 6.07) is 0. The molecule has 0 spiro atoms. The maximum atomic E-state index is 6.14. The average molecular weight is 131 g/mol. The van der Waals surface area contributed by atoms with Gasteiger partial charge < -0.3 is 0 Å². The van der Waals surface area contributed by atoms with Crippen LogP contribution in [0.1, 0.15) is 32.1 Å². The van der Waals surface area contributed by atoms with E-state index in [1.54, 1.807) is 0 Å². The van der Waals surface area contributed by atoms with Crippen LogP contribution in [0, 0.1) is 5.92 Å². The largest absolute Gasteiger partial charge is 0.119 e. The molecule has 0 amide bonds. The second kappa shape index (κ2) is 1.41. The number of halogens is 1. The van der Waals surface area contributed by atoms with Crippen LogP contribution in [-0.4, -0.2) is 4.87 Å². The maximum absolute atomic E-state index is 6.14. The van der Waals surface area contributed by atoms with Crippen LogP contribution in [0.4, 0.5) is 0 Å². The Hall–Kier alpha value is 0.290. The van der Waals surface area contributed by atoms with Crippen LogP contribution in [0.25, 0.3) is 0 Å². The van der Waals surface area contributed by atoms with Gasteiger partial charge in [-0.25, -0.2) is 0 Å². The quantitative estimate of drug-likeness (QED) is 0.442. The first-order chi connectivity index (χ1) is 3.79. The lowest BCUT2D eigenvalue weighted by atomic mass is 9.65. The Bertz CT molecular complexity index is 97.4. The van der Waals surface area contributed by atoms with Crippen LogP contribution >= 0.6 is 11.6 Å². The van der Waals surface area contributed by atoms with Crippen molar-refractivity contribution in [2.24, 2.45) is 5.92 Å². The van der Waals surface area contributed by atoms with Gasteiger partial charge >= 0.3 is 0 Å². The van der Waals surface area contributed by atoms with Gasteiger partial charge in [-0.3, -0.25) is 0 Å². The van der Waals surface area contributed by atoms with Crippen molar-refractivity contribution in [3.63, 3.8) is 0 Å². The molecule has 0 heterocycles. The summed E-state index contributed by atoms with van der Waals surface area (Å²) in [5, 5.41) is 0. The van der Waals surface area contributed by atoms with Gasteiger partial charge in [-0.15, -0.1) is 11.6 Å². The summed E-state index contributed by atoms with van der Waals surface area (Å²) < 4.78 is 0. The van der Waals surface area contributed by atoms with Gasteiger partial charge in [0.25, 0.3) is 0 Å². The highest BCUT2D eigenvalue weighted by Gasteiger charge is 2.45. The first kappa shape index (κ1) is 5.10. The van der Waals surface area contributed by atoms with Gasteiger partial charge in [0.15, 0.2) is 0 Å². The SMILES string of the molecule is ClC12CCCC(C1)C2. The van der Waals surface area contributed by atoms with Crippen molar-refractivity contribution in [2.45, 2.75) is 37.0 Å². The first-order valence-electron chi connectivity index (χ1n) is 3.47. The molecule has 0 saturated heterocycles. The molecular weight excluding hydrogens is 120 g/mol. The Kier molecular flexibility index (Phi) is 0.901. The molecule has 1 heteroatoms. The Morgan fingerprint density at radius 1 is 1.38 bits per heavy atom. The zero-order valence-corrected chi connectivity index (χ0v) is 5.75. The third-order valence-electron chi connectivity index (χ3n) is 2.55. The van der Waals surface area contributed by atoms with E-state index in [1.807, 2.05) is 0 Å². The van der Waals surface area contributed by atoms with Crippen LogP contribution in [0.2, 0.25) is 0 Å². The van der Waals surface area contributed by atoms with Crippen LogP contribution in [0.5, 0.6) is 0 Å². The highest BCUT2D eigenvalue weighted by atomic mass is 35.5. The minimum Gasteiger partial charge on any atom is -0.119 e. The Morgan fingerprint density at radius 3 is 2.38 bits per heavy atom. The molecule has 0 unspecified atom stereocenters. The fourth-order valence-electron chi connectivity index (χ4n) is 2.09. The zero-order valence-electron chi connectivity index (χ0n) is 4.99. The molecule has 3 saturated carbocycles. The summed E-state index contributed by atoms with van der Waals surface area (Å²) in [7, 11) is 0. The predicted molar refractivity (Wildman–Crippen MR) is 35.2 cm³/mol. The summed E-state index contributed by atoms with van der Waals surface area (Å²) in [4.78, 5) is 0.295. The van der Waals surface area contributed by atoms with E-state index < -0.39 is 0 Å². The summed E-state index contributed by atoms with van der Waals surface area (Å²) in [6.07, 6.45) is 6.75. The van der Waals surface area contributed by atoms with E-state index in [0.29, 0.717) is 4.87 Å². The molecule has 0 N–H and O–H groups in total. The number of hydrogen-bond donors (Lipinski definition) is 0. The second-order valence-electron chi connectivity index (χ2n) is 3.32. The Morgan fingerprint density at radius 2 is 2.12 bits per heavy atom. The molecule has 8 heavy (non-hydrogen) atoms. The lowest BCUT2D eigenvalue weighted by Crippen LogP contribution is -2.42. The predicted octanol–water partition coefficient (Wildman–Crippen LogP) is 2.56. The molecule has 0 radical (unpaired) electrons. The molecule has 0 aromatic carbocycles. The minimum atomic E-state index is 0.295. The minimum absolute atomic E-state index is 0.295. The van der Waals surface area contributed by atoms with Crippen LogP contribution in [0.3, 0.4) is 0 Å². The molecule has 0 aliphatic heterocycles. The molecule has 0 atom stereocenters. The molecule has 3 aliphatic rings. The van der Waals surface area contributed by atoms with Gasteiger partial charge in [0.1, 0.15) is 0 Å². The number of rotatable bonds is 0. The van der Waals surface area contributed by atoms with Crippen molar-refractivity contribution in [1.82, 2.24) is 0 Å². The van der Waals surface area contributed by atoms with Crippen molar-refractivity contribution in [3.05, 3.63) is 0 Å². The number of alkyl halides is 1. The van der Waals surface area contributed by atoms with E-state index in [9.17, 15) is 0 Å². The van der Waals surface area contributed by atoms with E-state index in [2.05, 4.69) is 0 Å². The van der Waals surface area contributed by atoms with Crippen molar-refractivity contribution in [1.29, 1.82) is 0 Å². The highest BCUT2D eigenvalue weighted by Crippen LogP contribution is 2.52. The van der Waals surface area contributed by atoms with Gasteiger partial charge in [-0.05, 0) is 25.2 Å². The van der Waals surface area contributed by atoms with Crippen LogP contribution in [0.15, 0.2) is 0 Å². The lowest BCUT2D eigenvalue weighted by molar-refractivity contribution is 0.142. The van der Waals surface area contributed by atoms with Crippen LogP contribution in [-0.2, 0) is 0 Å². The first-order valence-corrected chi connectivity index (χ1v) is 3.85. The topological polar surface area (TPSA) is 0 Å². The number of fused-ring (bicyclic) bond motifs is 2. The molecule has 2 bridgehead atoms. The van der Waals surface area contributed by atoms with E-state index in [1.165, 1.54) is 32.1 Å². The van der Waals surface area contributed by atoms with Crippen molar-refractivity contribution in [3.8, 4) is 0 Å². The summed E-state index contributed by atoms with van der Waals surface area (Å²) in [5.41, 5.74) is 0. The molecule has 0 aromatic heterocycles. The van der Waals surface area contributed by atoms with Gasteiger partial charge in [0.05, 0.1) is 0 Å². The Balaban J connectivity index is 2.06. The summed E-state index contributed by atoms with van der Waals surface area (Å²) >= 11 is 6.14. The molecular formula is C7H11Cl. The molecule has 3 fully saturated rings. The van der Waals surface area contributed by atoms with Gasteiger partial charge in [-0.1, -0.05) is 12.8 Å². The van der Waals surface area contributed by atoms with Crippen LogP contribution < -0.4 is 0 Å². The van der Waals surface area contributed by atoms with Crippen molar-refractivity contribution < 1.29 is 0 Å². The van der Waals surface area contributed by atoms with E-state index in [0.717, 1.165) is 5.92 Å². The van der Waals surface area contributed by atoms with Crippen molar-refractivity contribution in [2.75, 3.05) is 0 Å². The van der Waals surface area contributed by atoms with E-state index >= 15 is 0 Å².